The molecule has 0 aliphatic carbocycles. The molecule has 2 aliphatic heterocycles. The van der Waals surface area contributed by atoms with Crippen LogP contribution in [0.4, 0.5) is 0 Å². The zero-order valence-corrected chi connectivity index (χ0v) is 14.3. The van der Waals surface area contributed by atoms with Gasteiger partial charge in [0, 0.05) is 12.1 Å². The van der Waals surface area contributed by atoms with Crippen molar-refractivity contribution >= 4 is 5.91 Å². The van der Waals surface area contributed by atoms with Gasteiger partial charge in [-0.1, -0.05) is 27.7 Å². The summed E-state index contributed by atoms with van der Waals surface area (Å²) in [7, 11) is 2.20. The van der Waals surface area contributed by atoms with Gasteiger partial charge in [0.1, 0.15) is 0 Å². The highest BCUT2D eigenvalue weighted by molar-refractivity contribution is 5.84. The smallest absolute Gasteiger partial charge is 0.226 e. The van der Waals surface area contributed by atoms with Crippen LogP contribution in [0.3, 0.4) is 0 Å². The number of carbonyl (C=O) groups excluding carboxylic acids is 1. The molecular formula is C17H32N2O. The topological polar surface area (TPSA) is 32.3 Å². The van der Waals surface area contributed by atoms with E-state index >= 15 is 0 Å². The normalized spacial score (nSPS) is 41.2. The average Bonchev–Trinajstić information content (AvgIpc) is 2.45. The number of hydrogen-bond acceptors (Lipinski definition) is 2. The highest BCUT2D eigenvalue weighted by atomic mass is 16.2. The Balaban J connectivity index is 2.45. The average molecular weight is 280 g/mol. The van der Waals surface area contributed by atoms with Crippen LogP contribution in [0.2, 0.25) is 0 Å². The summed E-state index contributed by atoms with van der Waals surface area (Å²) in [5, 5.41) is 3.18. The van der Waals surface area contributed by atoms with E-state index in [0.717, 1.165) is 25.9 Å². The molecule has 1 spiro atoms. The van der Waals surface area contributed by atoms with Gasteiger partial charge in [-0.2, -0.15) is 0 Å². The zero-order chi connectivity index (χ0) is 15.3. The first-order valence-corrected chi connectivity index (χ1v) is 8.05. The quantitative estimate of drug-likeness (QED) is 0.740. The molecule has 0 bridgehead atoms. The van der Waals surface area contributed by atoms with Crippen molar-refractivity contribution in [1.29, 1.82) is 0 Å². The molecule has 0 saturated carbocycles. The van der Waals surface area contributed by atoms with Crippen LogP contribution in [-0.4, -0.2) is 36.5 Å². The zero-order valence-electron chi connectivity index (χ0n) is 14.3. The fraction of sp³-hybridized carbons (Fsp3) is 0.941. The Kier molecular flexibility index (Phi) is 3.73. The molecule has 2 heterocycles. The van der Waals surface area contributed by atoms with Crippen molar-refractivity contribution in [2.75, 3.05) is 20.1 Å². The van der Waals surface area contributed by atoms with Crippen LogP contribution in [0.5, 0.6) is 0 Å². The summed E-state index contributed by atoms with van der Waals surface area (Å²) >= 11 is 0. The van der Waals surface area contributed by atoms with E-state index in [4.69, 9.17) is 0 Å². The fourth-order valence-corrected chi connectivity index (χ4v) is 4.12. The van der Waals surface area contributed by atoms with Crippen LogP contribution in [0, 0.1) is 22.7 Å². The van der Waals surface area contributed by atoms with E-state index < -0.39 is 0 Å². The molecule has 0 aromatic carbocycles. The summed E-state index contributed by atoms with van der Waals surface area (Å²) in [5.41, 5.74) is -0.00247. The van der Waals surface area contributed by atoms with E-state index in [-0.39, 0.29) is 16.4 Å². The Labute approximate surface area is 124 Å². The second kappa shape index (κ2) is 4.72. The molecule has 3 unspecified atom stereocenters. The van der Waals surface area contributed by atoms with Crippen molar-refractivity contribution < 1.29 is 4.79 Å². The van der Waals surface area contributed by atoms with Gasteiger partial charge in [0.25, 0.3) is 0 Å². The van der Waals surface area contributed by atoms with E-state index in [1.807, 2.05) is 0 Å². The van der Waals surface area contributed by atoms with Crippen molar-refractivity contribution in [2.45, 2.75) is 59.9 Å². The third-order valence-corrected chi connectivity index (χ3v) is 7.19. The molecule has 1 N–H and O–H groups in total. The number of hydrogen-bond donors (Lipinski definition) is 1. The molecule has 2 saturated heterocycles. The molecule has 2 fully saturated rings. The van der Waals surface area contributed by atoms with Gasteiger partial charge >= 0.3 is 0 Å². The van der Waals surface area contributed by atoms with Gasteiger partial charge < -0.3 is 10.2 Å². The number of amides is 1. The number of piperidine rings is 1. The summed E-state index contributed by atoms with van der Waals surface area (Å²) in [6.45, 7) is 15.7. The van der Waals surface area contributed by atoms with Crippen molar-refractivity contribution in [3.63, 3.8) is 0 Å². The number of nitrogens with one attached hydrogen (secondary N) is 1. The van der Waals surface area contributed by atoms with Gasteiger partial charge in [0.05, 0.1) is 5.41 Å². The summed E-state index contributed by atoms with van der Waals surface area (Å²) in [4.78, 5) is 15.3. The molecule has 3 heteroatoms. The van der Waals surface area contributed by atoms with Gasteiger partial charge in [-0.05, 0) is 57.5 Å². The van der Waals surface area contributed by atoms with E-state index in [0.29, 0.717) is 17.7 Å². The highest BCUT2D eigenvalue weighted by Crippen LogP contribution is 2.55. The van der Waals surface area contributed by atoms with Gasteiger partial charge in [0.15, 0.2) is 0 Å². The third kappa shape index (κ3) is 2.01. The van der Waals surface area contributed by atoms with E-state index in [1.54, 1.807) is 0 Å². The fourth-order valence-electron chi connectivity index (χ4n) is 4.12. The lowest BCUT2D eigenvalue weighted by atomic mass is 9.53. The summed E-state index contributed by atoms with van der Waals surface area (Å²) in [5.74, 6) is 1.32. The molecular weight excluding hydrogens is 248 g/mol. The first-order chi connectivity index (χ1) is 9.05. The highest BCUT2D eigenvalue weighted by Gasteiger charge is 2.58. The van der Waals surface area contributed by atoms with Crippen LogP contribution in [0.1, 0.15) is 54.4 Å². The molecule has 0 aromatic rings. The van der Waals surface area contributed by atoms with Crippen LogP contribution < -0.4 is 5.32 Å². The Morgan fingerprint density at radius 1 is 1.15 bits per heavy atom. The molecule has 0 radical (unpaired) electrons. The lowest BCUT2D eigenvalue weighted by molar-refractivity contribution is -0.150. The van der Waals surface area contributed by atoms with Crippen LogP contribution >= 0.6 is 0 Å². The third-order valence-electron chi connectivity index (χ3n) is 7.19. The van der Waals surface area contributed by atoms with Crippen LogP contribution in [0.15, 0.2) is 0 Å². The number of rotatable bonds is 0. The van der Waals surface area contributed by atoms with Gasteiger partial charge in [0.2, 0.25) is 5.91 Å². The second-order valence-corrected chi connectivity index (χ2v) is 8.35. The lowest BCUT2D eigenvalue weighted by Crippen LogP contribution is -2.60. The minimum atomic E-state index is -0.216. The maximum absolute atomic E-state index is 12.8. The van der Waals surface area contributed by atoms with Crippen molar-refractivity contribution in [2.24, 2.45) is 22.7 Å². The predicted octanol–water partition coefficient (Wildman–Crippen LogP) is 2.91. The molecule has 20 heavy (non-hydrogen) atoms. The lowest BCUT2D eigenvalue weighted by Gasteiger charge is -2.53. The van der Waals surface area contributed by atoms with E-state index in [9.17, 15) is 4.79 Å². The molecule has 1 amide bonds. The van der Waals surface area contributed by atoms with Crippen molar-refractivity contribution in [3.8, 4) is 0 Å². The SMILES string of the molecule is CC1CC2(CCN(C)C1(C)C)C(=O)NCC(C)C2(C)C. The maximum Gasteiger partial charge on any atom is 0.226 e. The van der Waals surface area contributed by atoms with Gasteiger partial charge in [-0.25, -0.2) is 0 Å². The van der Waals surface area contributed by atoms with Crippen molar-refractivity contribution in [1.82, 2.24) is 10.2 Å². The monoisotopic (exact) mass is 280 g/mol. The molecule has 2 rings (SSSR count). The first-order valence-electron chi connectivity index (χ1n) is 8.05. The standard InChI is InChI=1S/C17H32N2O/c1-12-10-17(8-9-19(7)16(12,5)6)14(20)18-11-13(2)15(17,3)4/h12-13H,8-11H2,1-7H3,(H,18,20). The van der Waals surface area contributed by atoms with Gasteiger partial charge in [-0.15, -0.1) is 0 Å². The van der Waals surface area contributed by atoms with Crippen LogP contribution in [0.25, 0.3) is 0 Å². The van der Waals surface area contributed by atoms with Gasteiger partial charge in [-0.3, -0.25) is 4.79 Å². The molecule has 116 valence electrons. The van der Waals surface area contributed by atoms with Crippen molar-refractivity contribution in [3.05, 3.63) is 0 Å². The minimum absolute atomic E-state index is 0.0604. The Morgan fingerprint density at radius 3 is 2.35 bits per heavy atom. The molecule has 2 aliphatic rings. The Morgan fingerprint density at radius 2 is 1.75 bits per heavy atom. The molecule has 3 nitrogen and oxygen atoms in total. The Bertz CT molecular complexity index is 402. The molecule has 0 aromatic heterocycles. The van der Waals surface area contributed by atoms with E-state index in [2.05, 4.69) is 58.8 Å². The number of likely N-dealkylation sites (tertiary alicyclic amines) is 1. The summed E-state index contributed by atoms with van der Waals surface area (Å²) in [6.07, 6.45) is 1.97. The first kappa shape index (κ1) is 15.8. The number of nitrogens with zero attached hydrogens (tertiary/aromatic N) is 1. The largest absolute Gasteiger partial charge is 0.355 e. The predicted molar refractivity (Wildman–Crippen MR) is 83.5 cm³/mol. The Hall–Kier alpha value is -0.570. The van der Waals surface area contributed by atoms with E-state index in [1.165, 1.54) is 0 Å². The maximum atomic E-state index is 12.8. The number of carbonyl (C=O) groups is 1. The van der Waals surface area contributed by atoms with Crippen LogP contribution in [-0.2, 0) is 4.79 Å². The summed E-state index contributed by atoms with van der Waals surface area (Å²) in [6, 6.07) is 0. The second-order valence-electron chi connectivity index (χ2n) is 8.35. The summed E-state index contributed by atoms with van der Waals surface area (Å²) < 4.78 is 0. The molecule has 3 atom stereocenters. The minimum Gasteiger partial charge on any atom is -0.355 e.